The first kappa shape index (κ1) is 13.5. The monoisotopic (exact) mass is 234 g/mol. The van der Waals surface area contributed by atoms with Crippen LogP contribution in [0.3, 0.4) is 0 Å². The molecular weight excluding hydrogens is 216 g/mol. The van der Waals surface area contributed by atoms with Crippen LogP contribution in [-0.2, 0) is 4.74 Å². The average Bonchev–Trinajstić information content (AvgIpc) is 2.38. The number of Topliss-reactive ketones (excluding diaryl/α,β-unsaturated/α-hetero) is 1. The fourth-order valence-electron chi connectivity index (χ4n) is 1.37. The third-order valence-corrected chi connectivity index (χ3v) is 2.32. The summed E-state index contributed by atoms with van der Waals surface area (Å²) in [4.78, 5) is 11.7. The molecule has 0 bridgehead atoms. The van der Waals surface area contributed by atoms with Crippen molar-refractivity contribution in [3.05, 3.63) is 42.5 Å². The molecule has 0 amide bonds. The Morgan fingerprint density at radius 3 is 3.00 bits per heavy atom. The normalized spacial score (nSPS) is 9.94. The van der Waals surface area contributed by atoms with Crippen LogP contribution in [0.15, 0.2) is 36.9 Å². The molecule has 0 saturated heterocycles. The number of unbranched alkanes of at least 4 members (excludes halogenated alkanes) is 1. The summed E-state index contributed by atoms with van der Waals surface area (Å²) in [6, 6.07) is 7.08. The first-order valence-electron chi connectivity index (χ1n) is 5.64. The van der Waals surface area contributed by atoms with Crippen molar-refractivity contribution in [1.82, 2.24) is 0 Å². The smallest absolute Gasteiger partial charge is 0.188 e. The van der Waals surface area contributed by atoms with Crippen molar-refractivity contribution in [2.45, 2.75) is 12.8 Å². The average molecular weight is 234 g/mol. The van der Waals surface area contributed by atoms with Crippen LogP contribution in [0, 0.1) is 0 Å². The van der Waals surface area contributed by atoms with Crippen molar-refractivity contribution in [3.8, 4) is 5.75 Å². The van der Waals surface area contributed by atoms with Crippen LogP contribution < -0.4 is 4.74 Å². The first-order chi connectivity index (χ1) is 8.27. The zero-order chi connectivity index (χ0) is 12.5. The maximum Gasteiger partial charge on any atom is 0.188 e. The molecule has 3 nitrogen and oxygen atoms in total. The van der Waals surface area contributed by atoms with Gasteiger partial charge < -0.3 is 9.47 Å². The summed E-state index contributed by atoms with van der Waals surface area (Å²) >= 11 is 0. The third-order valence-electron chi connectivity index (χ3n) is 2.32. The van der Waals surface area contributed by atoms with E-state index in [1.807, 2.05) is 12.1 Å². The van der Waals surface area contributed by atoms with Gasteiger partial charge in [-0.15, -0.1) is 6.58 Å². The molecule has 17 heavy (non-hydrogen) atoms. The van der Waals surface area contributed by atoms with Crippen LogP contribution in [0.4, 0.5) is 0 Å². The van der Waals surface area contributed by atoms with Gasteiger partial charge in [-0.25, -0.2) is 0 Å². The second kappa shape index (κ2) is 7.63. The maximum atomic E-state index is 11.7. The number of methoxy groups -OCH3 is 1. The zero-order valence-electron chi connectivity index (χ0n) is 10.1. The number of hydrogen-bond donors (Lipinski definition) is 0. The van der Waals surface area contributed by atoms with Crippen molar-refractivity contribution in [2.75, 3.05) is 20.3 Å². The predicted molar refractivity (Wildman–Crippen MR) is 67.6 cm³/mol. The maximum absolute atomic E-state index is 11.7. The lowest BCUT2D eigenvalue weighted by atomic mass is 10.1. The molecule has 0 atom stereocenters. The lowest BCUT2D eigenvalue weighted by molar-refractivity contribution is 0.0756. The number of rotatable bonds is 8. The van der Waals surface area contributed by atoms with Crippen molar-refractivity contribution < 1.29 is 14.3 Å². The minimum absolute atomic E-state index is 0.0255. The fraction of sp³-hybridized carbons (Fsp3) is 0.357. The van der Waals surface area contributed by atoms with E-state index in [1.165, 1.54) is 0 Å². The second-order valence-electron chi connectivity index (χ2n) is 3.64. The van der Waals surface area contributed by atoms with Crippen molar-refractivity contribution in [2.24, 2.45) is 0 Å². The number of benzene rings is 1. The highest BCUT2D eigenvalue weighted by molar-refractivity contribution is 5.97. The molecule has 0 saturated carbocycles. The summed E-state index contributed by atoms with van der Waals surface area (Å²) in [7, 11) is 1.58. The Bertz CT molecular complexity index is 371. The number of hydrogen-bond acceptors (Lipinski definition) is 3. The van der Waals surface area contributed by atoms with Gasteiger partial charge >= 0.3 is 0 Å². The van der Waals surface area contributed by atoms with Gasteiger partial charge in [0.1, 0.15) is 12.4 Å². The Morgan fingerprint density at radius 1 is 1.47 bits per heavy atom. The van der Waals surface area contributed by atoms with Gasteiger partial charge in [-0.05, 0) is 25.0 Å². The van der Waals surface area contributed by atoms with Gasteiger partial charge in [-0.1, -0.05) is 18.2 Å². The molecule has 0 aliphatic heterocycles. The largest absolute Gasteiger partial charge is 0.497 e. The molecule has 3 heteroatoms. The Morgan fingerprint density at radius 2 is 2.29 bits per heavy atom. The molecule has 92 valence electrons. The van der Waals surface area contributed by atoms with Crippen LogP contribution in [-0.4, -0.2) is 26.1 Å². The quantitative estimate of drug-likeness (QED) is 0.394. The number of ether oxygens (including phenoxy) is 2. The van der Waals surface area contributed by atoms with E-state index in [-0.39, 0.29) is 12.4 Å². The Kier molecular flexibility index (Phi) is 6.04. The molecule has 1 aromatic rings. The molecule has 0 heterocycles. The van der Waals surface area contributed by atoms with E-state index in [0.717, 1.165) is 12.8 Å². The molecule has 0 spiro atoms. The van der Waals surface area contributed by atoms with Crippen LogP contribution >= 0.6 is 0 Å². The van der Waals surface area contributed by atoms with Crippen LogP contribution in [0.1, 0.15) is 23.2 Å². The summed E-state index contributed by atoms with van der Waals surface area (Å²) in [6.07, 6.45) is 3.65. The van der Waals surface area contributed by atoms with E-state index in [9.17, 15) is 4.79 Å². The SMILES string of the molecule is C=CCCCOCC(=O)c1cccc(OC)c1. The number of ketones is 1. The molecule has 0 aliphatic rings. The van der Waals surface area contributed by atoms with Gasteiger partial charge in [0.15, 0.2) is 5.78 Å². The van der Waals surface area contributed by atoms with E-state index < -0.39 is 0 Å². The van der Waals surface area contributed by atoms with Crippen LogP contribution in [0.5, 0.6) is 5.75 Å². The van der Waals surface area contributed by atoms with Gasteiger partial charge in [0.05, 0.1) is 7.11 Å². The fourth-order valence-corrected chi connectivity index (χ4v) is 1.37. The number of carbonyl (C=O) groups excluding carboxylic acids is 1. The molecule has 0 unspecified atom stereocenters. The molecule has 0 aliphatic carbocycles. The summed E-state index contributed by atoms with van der Waals surface area (Å²) in [6.45, 7) is 4.32. The molecule has 0 aromatic heterocycles. The standard InChI is InChI=1S/C14H18O3/c1-3-4-5-9-17-11-14(15)12-7-6-8-13(10-12)16-2/h3,6-8,10H,1,4-5,9,11H2,2H3. The van der Waals surface area contributed by atoms with Gasteiger partial charge in [-0.3, -0.25) is 4.79 Å². The van der Waals surface area contributed by atoms with Gasteiger partial charge in [-0.2, -0.15) is 0 Å². The van der Waals surface area contributed by atoms with E-state index in [0.29, 0.717) is 17.9 Å². The van der Waals surface area contributed by atoms with Crippen molar-refractivity contribution >= 4 is 5.78 Å². The third kappa shape index (κ3) is 4.83. The number of allylic oxidation sites excluding steroid dienone is 1. The highest BCUT2D eigenvalue weighted by Crippen LogP contribution is 2.13. The summed E-state index contributed by atoms with van der Waals surface area (Å²) in [5, 5.41) is 0. The lowest BCUT2D eigenvalue weighted by Gasteiger charge is -2.04. The molecule has 1 aromatic carbocycles. The van der Waals surface area contributed by atoms with Gasteiger partial charge in [0.25, 0.3) is 0 Å². The van der Waals surface area contributed by atoms with E-state index >= 15 is 0 Å². The molecule has 0 N–H and O–H groups in total. The minimum Gasteiger partial charge on any atom is -0.497 e. The molecule has 1 rings (SSSR count). The lowest BCUT2D eigenvalue weighted by Crippen LogP contribution is -2.09. The minimum atomic E-state index is -0.0255. The Labute approximate surface area is 102 Å². The second-order valence-corrected chi connectivity index (χ2v) is 3.64. The molecule has 0 fully saturated rings. The summed E-state index contributed by atoms with van der Waals surface area (Å²) in [5.41, 5.74) is 0.619. The van der Waals surface area contributed by atoms with Gasteiger partial charge in [0.2, 0.25) is 0 Å². The zero-order valence-corrected chi connectivity index (χ0v) is 10.1. The summed E-state index contributed by atoms with van der Waals surface area (Å²) in [5.74, 6) is 0.657. The van der Waals surface area contributed by atoms with Crippen molar-refractivity contribution in [3.63, 3.8) is 0 Å². The first-order valence-corrected chi connectivity index (χ1v) is 5.64. The Hall–Kier alpha value is -1.61. The van der Waals surface area contributed by atoms with E-state index in [4.69, 9.17) is 9.47 Å². The topological polar surface area (TPSA) is 35.5 Å². The Balaban J connectivity index is 2.38. The summed E-state index contributed by atoms with van der Waals surface area (Å²) < 4.78 is 10.3. The van der Waals surface area contributed by atoms with E-state index in [1.54, 1.807) is 25.3 Å². The molecular formula is C14H18O3. The molecule has 0 radical (unpaired) electrons. The van der Waals surface area contributed by atoms with Crippen LogP contribution in [0.25, 0.3) is 0 Å². The van der Waals surface area contributed by atoms with Gasteiger partial charge in [0, 0.05) is 12.2 Å². The highest BCUT2D eigenvalue weighted by atomic mass is 16.5. The van der Waals surface area contributed by atoms with Crippen LogP contribution in [0.2, 0.25) is 0 Å². The number of carbonyl (C=O) groups is 1. The predicted octanol–water partition coefficient (Wildman–Crippen LogP) is 2.86. The highest BCUT2D eigenvalue weighted by Gasteiger charge is 2.06. The van der Waals surface area contributed by atoms with Crippen molar-refractivity contribution in [1.29, 1.82) is 0 Å². The van der Waals surface area contributed by atoms with E-state index in [2.05, 4.69) is 6.58 Å².